The first-order valence-electron chi connectivity index (χ1n) is 9.19. The van der Waals surface area contributed by atoms with Crippen molar-refractivity contribution in [3.8, 4) is 0 Å². The molecule has 5 nitrogen and oxygen atoms in total. The molecule has 3 unspecified atom stereocenters. The Balaban J connectivity index is 1.56. The fourth-order valence-corrected chi connectivity index (χ4v) is 3.59. The van der Waals surface area contributed by atoms with E-state index in [-0.39, 0.29) is 11.9 Å². The van der Waals surface area contributed by atoms with Crippen LogP contribution in [0, 0.1) is 0 Å². The van der Waals surface area contributed by atoms with Gasteiger partial charge in [0.05, 0.1) is 0 Å². The molecule has 0 saturated carbocycles. The Morgan fingerprint density at radius 3 is 2.62 bits per heavy atom. The minimum absolute atomic E-state index is 0.0796. The summed E-state index contributed by atoms with van der Waals surface area (Å²) in [5.41, 5.74) is 8.77. The van der Waals surface area contributed by atoms with E-state index >= 15 is 0 Å². The van der Waals surface area contributed by atoms with E-state index in [0.717, 1.165) is 38.0 Å². The zero-order valence-electron chi connectivity index (χ0n) is 15.0. The number of rotatable bonds is 4. The summed E-state index contributed by atoms with van der Waals surface area (Å²) in [6.45, 7) is 8.18. The molecule has 132 valence electrons. The van der Waals surface area contributed by atoms with Crippen LogP contribution in [0.4, 0.5) is 5.69 Å². The van der Waals surface area contributed by atoms with Crippen LogP contribution in [0.5, 0.6) is 0 Å². The predicted molar refractivity (Wildman–Crippen MR) is 97.9 cm³/mol. The highest BCUT2D eigenvalue weighted by Gasteiger charge is 2.32. The number of piperidine rings is 1. The number of nitrogens with one attached hydrogen (secondary N) is 3. The second-order valence-electron chi connectivity index (χ2n) is 7.52. The van der Waals surface area contributed by atoms with Crippen molar-refractivity contribution in [1.29, 1.82) is 0 Å². The summed E-state index contributed by atoms with van der Waals surface area (Å²) in [5, 5.41) is 3.60. The van der Waals surface area contributed by atoms with Gasteiger partial charge in [-0.05, 0) is 49.8 Å². The summed E-state index contributed by atoms with van der Waals surface area (Å²) in [6, 6.07) is 9.30. The van der Waals surface area contributed by atoms with E-state index in [0.29, 0.717) is 18.0 Å². The van der Waals surface area contributed by atoms with Crippen LogP contribution in [-0.2, 0) is 4.79 Å². The molecule has 2 saturated heterocycles. The first kappa shape index (κ1) is 17.2. The summed E-state index contributed by atoms with van der Waals surface area (Å²) >= 11 is 0. The summed E-state index contributed by atoms with van der Waals surface area (Å²) in [7, 11) is 0. The van der Waals surface area contributed by atoms with Gasteiger partial charge >= 0.3 is 0 Å². The van der Waals surface area contributed by atoms with Crippen molar-refractivity contribution in [2.45, 2.75) is 64.1 Å². The van der Waals surface area contributed by atoms with Gasteiger partial charge in [-0.15, -0.1) is 0 Å². The van der Waals surface area contributed by atoms with Crippen LogP contribution >= 0.6 is 0 Å². The molecular weight excluding hydrogens is 300 g/mol. The van der Waals surface area contributed by atoms with E-state index in [1.165, 1.54) is 5.56 Å². The van der Waals surface area contributed by atoms with Gasteiger partial charge in [0.15, 0.2) is 0 Å². The maximum atomic E-state index is 12.7. The van der Waals surface area contributed by atoms with Crippen molar-refractivity contribution in [3.05, 3.63) is 29.8 Å². The minimum atomic E-state index is -0.0796. The minimum Gasteiger partial charge on any atom is -0.381 e. The van der Waals surface area contributed by atoms with Gasteiger partial charge in [-0.2, -0.15) is 0 Å². The number of carbonyl (C=O) groups excluding carboxylic acids is 1. The van der Waals surface area contributed by atoms with Crippen LogP contribution < -0.4 is 16.2 Å². The Morgan fingerprint density at radius 2 is 2.00 bits per heavy atom. The zero-order chi connectivity index (χ0) is 17.1. The number of hydrogen-bond donors (Lipinski definition) is 3. The van der Waals surface area contributed by atoms with Gasteiger partial charge < -0.3 is 10.2 Å². The highest BCUT2D eigenvalue weighted by molar-refractivity contribution is 5.82. The Bertz CT molecular complexity index is 557. The van der Waals surface area contributed by atoms with Crippen LogP contribution in [0.3, 0.4) is 0 Å². The smallest absolute Gasteiger partial charge is 0.241 e. The highest BCUT2D eigenvalue weighted by atomic mass is 16.2. The summed E-state index contributed by atoms with van der Waals surface area (Å²) in [4.78, 5) is 14.7. The van der Waals surface area contributed by atoms with E-state index in [9.17, 15) is 4.79 Å². The molecule has 2 heterocycles. The van der Waals surface area contributed by atoms with E-state index in [4.69, 9.17) is 0 Å². The lowest BCUT2D eigenvalue weighted by atomic mass is 10.0. The molecule has 3 rings (SSSR count). The molecular formula is C19H30N4O. The first-order chi connectivity index (χ1) is 11.5. The molecule has 2 aliphatic heterocycles. The van der Waals surface area contributed by atoms with Crippen molar-refractivity contribution in [1.82, 2.24) is 15.8 Å². The van der Waals surface area contributed by atoms with Gasteiger partial charge in [0.2, 0.25) is 5.91 Å². The van der Waals surface area contributed by atoms with Crippen LogP contribution in [0.1, 0.15) is 51.5 Å². The van der Waals surface area contributed by atoms with Gasteiger partial charge in [-0.1, -0.05) is 26.0 Å². The standard InChI is InChI=1S/C19H30N4O/c1-13(2)15-6-8-16(9-7-15)20-17-5-4-10-23(12-17)19(24)18-11-14(3)21-22-18/h6-9,13-14,17-18,20-22H,4-5,10-12H2,1-3H3. The predicted octanol–water partition coefficient (Wildman–Crippen LogP) is 2.47. The monoisotopic (exact) mass is 330 g/mol. The molecule has 0 aromatic heterocycles. The molecule has 0 bridgehead atoms. The third-order valence-corrected chi connectivity index (χ3v) is 5.07. The van der Waals surface area contributed by atoms with Crippen molar-refractivity contribution in [3.63, 3.8) is 0 Å². The van der Waals surface area contributed by atoms with Gasteiger partial charge in [-0.25, -0.2) is 5.43 Å². The molecule has 3 atom stereocenters. The normalized spacial score (nSPS) is 27.5. The number of anilines is 1. The molecule has 5 heteroatoms. The van der Waals surface area contributed by atoms with E-state index in [1.807, 2.05) is 4.90 Å². The number of carbonyl (C=O) groups is 1. The van der Waals surface area contributed by atoms with Gasteiger partial charge in [0.1, 0.15) is 6.04 Å². The summed E-state index contributed by atoms with van der Waals surface area (Å²) in [5.74, 6) is 0.783. The zero-order valence-corrected chi connectivity index (χ0v) is 15.0. The lowest BCUT2D eigenvalue weighted by Gasteiger charge is -2.35. The van der Waals surface area contributed by atoms with Gasteiger partial charge in [0.25, 0.3) is 0 Å². The number of benzene rings is 1. The maximum absolute atomic E-state index is 12.7. The highest BCUT2D eigenvalue weighted by Crippen LogP contribution is 2.21. The van der Waals surface area contributed by atoms with Crippen LogP contribution in [0.2, 0.25) is 0 Å². The molecule has 1 amide bonds. The molecule has 0 radical (unpaired) electrons. The molecule has 24 heavy (non-hydrogen) atoms. The van der Waals surface area contributed by atoms with Crippen molar-refractivity contribution in [2.24, 2.45) is 0 Å². The quantitative estimate of drug-likeness (QED) is 0.794. The number of hydrazine groups is 1. The molecule has 1 aromatic carbocycles. The first-order valence-corrected chi connectivity index (χ1v) is 9.19. The van der Waals surface area contributed by atoms with Crippen molar-refractivity contribution < 1.29 is 4.79 Å². The molecule has 3 N–H and O–H groups in total. The lowest BCUT2D eigenvalue weighted by Crippen LogP contribution is -2.51. The second kappa shape index (κ2) is 7.53. The molecule has 0 spiro atoms. The molecule has 0 aliphatic carbocycles. The molecule has 2 fully saturated rings. The Kier molecular flexibility index (Phi) is 5.41. The average Bonchev–Trinajstić information content (AvgIpc) is 3.01. The average molecular weight is 330 g/mol. The third-order valence-electron chi connectivity index (χ3n) is 5.07. The largest absolute Gasteiger partial charge is 0.381 e. The lowest BCUT2D eigenvalue weighted by molar-refractivity contribution is -0.134. The fourth-order valence-electron chi connectivity index (χ4n) is 3.59. The van der Waals surface area contributed by atoms with Crippen LogP contribution in [-0.4, -0.2) is 42.0 Å². The Hall–Kier alpha value is -1.59. The summed E-state index contributed by atoms with van der Waals surface area (Å²) < 4.78 is 0. The Labute approximate surface area is 145 Å². The van der Waals surface area contributed by atoms with Crippen LogP contribution in [0.15, 0.2) is 24.3 Å². The van der Waals surface area contributed by atoms with E-state index in [1.54, 1.807) is 0 Å². The number of likely N-dealkylation sites (tertiary alicyclic amines) is 1. The topological polar surface area (TPSA) is 56.4 Å². The van der Waals surface area contributed by atoms with Gasteiger partial charge in [-0.3, -0.25) is 10.2 Å². The fraction of sp³-hybridized carbons (Fsp3) is 0.632. The maximum Gasteiger partial charge on any atom is 0.241 e. The SMILES string of the molecule is CC1CC(C(=O)N2CCCC(Nc3ccc(C(C)C)cc3)C2)NN1. The van der Waals surface area contributed by atoms with Crippen molar-refractivity contribution in [2.75, 3.05) is 18.4 Å². The Morgan fingerprint density at radius 1 is 1.25 bits per heavy atom. The number of nitrogens with zero attached hydrogens (tertiary/aromatic N) is 1. The number of hydrogen-bond acceptors (Lipinski definition) is 4. The van der Waals surface area contributed by atoms with E-state index in [2.05, 4.69) is 61.2 Å². The second-order valence-corrected chi connectivity index (χ2v) is 7.52. The van der Waals surface area contributed by atoms with Gasteiger partial charge in [0, 0.05) is 30.9 Å². The van der Waals surface area contributed by atoms with E-state index < -0.39 is 0 Å². The molecule has 2 aliphatic rings. The number of amides is 1. The third kappa shape index (κ3) is 4.08. The summed E-state index contributed by atoms with van der Waals surface area (Å²) in [6.07, 6.45) is 3.04. The van der Waals surface area contributed by atoms with Crippen molar-refractivity contribution >= 4 is 11.6 Å². The van der Waals surface area contributed by atoms with Crippen LogP contribution in [0.25, 0.3) is 0 Å². The molecule has 1 aromatic rings.